The van der Waals surface area contributed by atoms with E-state index in [4.69, 9.17) is 0 Å². The summed E-state index contributed by atoms with van der Waals surface area (Å²) in [5, 5.41) is 0.588. The minimum atomic E-state index is -3.79. The molecule has 0 amide bonds. The normalized spacial score (nSPS) is 23.3. The first-order valence-corrected chi connectivity index (χ1v) is 15.6. The van der Waals surface area contributed by atoms with Crippen LogP contribution in [0.5, 0.6) is 0 Å². The van der Waals surface area contributed by atoms with E-state index in [0.29, 0.717) is 18.1 Å². The summed E-state index contributed by atoms with van der Waals surface area (Å²) in [7, 11) is -7.58. The highest BCUT2D eigenvalue weighted by molar-refractivity contribution is 7.92. The number of rotatable bonds is 6. The van der Waals surface area contributed by atoms with E-state index in [2.05, 4.69) is 0 Å². The average molecular weight is 477 g/mol. The van der Waals surface area contributed by atoms with Crippen LogP contribution in [0.2, 0.25) is 5.28 Å². The van der Waals surface area contributed by atoms with Gasteiger partial charge in [-0.25, -0.2) is 16.8 Å². The van der Waals surface area contributed by atoms with Crippen LogP contribution in [0.25, 0.3) is 0 Å². The summed E-state index contributed by atoms with van der Waals surface area (Å²) in [6.45, 7) is 4.07. The molecule has 2 aliphatic rings. The molecule has 2 atom stereocenters. The van der Waals surface area contributed by atoms with Crippen LogP contribution < -0.4 is 0 Å². The van der Waals surface area contributed by atoms with Crippen molar-refractivity contribution >= 4 is 34.6 Å². The largest absolute Gasteiger partial charge is 0.520 e. The molecule has 0 bridgehead atoms. The Labute approximate surface area is 190 Å². The molecule has 0 spiro atoms. The van der Waals surface area contributed by atoms with Crippen molar-refractivity contribution in [3.63, 3.8) is 0 Å². The molecular formula is C22H29AlN2O4S2. The second-order valence-corrected chi connectivity index (χ2v) is 15.8. The summed E-state index contributed by atoms with van der Waals surface area (Å²) in [5.74, 6) is 0.193. The van der Waals surface area contributed by atoms with Crippen LogP contribution in [-0.2, 0) is 20.0 Å². The van der Waals surface area contributed by atoms with Gasteiger partial charge in [0.2, 0.25) is 20.0 Å². The fraction of sp³-hybridized carbons (Fsp3) is 0.455. The predicted molar refractivity (Wildman–Crippen MR) is 122 cm³/mol. The maximum Gasteiger partial charge on any atom is 0.520 e. The van der Waals surface area contributed by atoms with Crippen LogP contribution in [0.15, 0.2) is 70.5 Å². The third-order valence-corrected chi connectivity index (χ3v) is 16.1. The minimum absolute atomic E-state index is 0.193. The zero-order valence-electron chi connectivity index (χ0n) is 18.0. The maximum atomic E-state index is 13.8. The summed E-state index contributed by atoms with van der Waals surface area (Å²) in [5.41, 5.74) is 0. The molecule has 9 heteroatoms. The molecule has 166 valence electrons. The summed E-state index contributed by atoms with van der Waals surface area (Å²) in [6, 6.07) is 16.4. The summed E-state index contributed by atoms with van der Waals surface area (Å²) in [6.07, 6.45) is 3.26. The second-order valence-electron chi connectivity index (χ2n) is 8.83. The van der Waals surface area contributed by atoms with Gasteiger partial charge in [-0.1, -0.05) is 74.3 Å². The minimum Gasteiger partial charge on any atom is -0.257 e. The van der Waals surface area contributed by atoms with E-state index < -0.39 is 34.6 Å². The topological polar surface area (TPSA) is 74.8 Å². The third kappa shape index (κ3) is 4.24. The lowest BCUT2D eigenvalue weighted by Crippen LogP contribution is -2.50. The summed E-state index contributed by atoms with van der Waals surface area (Å²) >= 11 is -2.58. The van der Waals surface area contributed by atoms with E-state index in [9.17, 15) is 16.8 Å². The monoisotopic (exact) mass is 476 g/mol. The molecule has 0 aromatic heterocycles. The molecule has 31 heavy (non-hydrogen) atoms. The quantitative estimate of drug-likeness (QED) is 0.594. The molecule has 2 aromatic rings. The van der Waals surface area contributed by atoms with E-state index in [1.807, 2.05) is 13.8 Å². The van der Waals surface area contributed by atoms with Crippen molar-refractivity contribution in [2.75, 3.05) is 0 Å². The molecule has 6 nitrogen and oxygen atoms in total. The molecule has 1 aliphatic carbocycles. The Kier molecular flexibility index (Phi) is 6.65. The van der Waals surface area contributed by atoms with Gasteiger partial charge in [0.15, 0.2) is 0 Å². The van der Waals surface area contributed by atoms with Gasteiger partial charge in [0.05, 0.1) is 9.79 Å². The SMILES string of the molecule is CC(C)[CH2][Al]1[N](S(=O)(=O)c2ccccc2)[C@@H]2CCCC[C@H]2[N]1S(=O)(=O)c1ccccc1. The van der Waals surface area contributed by atoms with Crippen LogP contribution in [0.1, 0.15) is 39.5 Å². The molecule has 0 N–H and O–H groups in total. The summed E-state index contributed by atoms with van der Waals surface area (Å²) in [4.78, 5) is 0.499. The smallest absolute Gasteiger partial charge is 0.257 e. The van der Waals surface area contributed by atoms with Crippen molar-refractivity contribution < 1.29 is 16.8 Å². The number of hydrogen-bond donors (Lipinski definition) is 0. The van der Waals surface area contributed by atoms with Crippen LogP contribution in [0.3, 0.4) is 0 Å². The Hall–Kier alpha value is -1.21. The van der Waals surface area contributed by atoms with Crippen molar-refractivity contribution in [1.82, 2.24) is 6.58 Å². The van der Waals surface area contributed by atoms with Crippen LogP contribution in [0, 0.1) is 5.92 Å². The van der Waals surface area contributed by atoms with Gasteiger partial charge >= 0.3 is 14.6 Å². The standard InChI is InChI=1S/C18H20N2O4S2.C4H9.Al/c21-25(22,15-9-3-1-4-10-15)19-17-13-7-8-14-18(17)20-26(23,24)16-11-5-2-6-12-16;1-4(2)3;/h1-6,9-12,17-18H,7-8,13-14H2;4H,1H2,2-3H3;/q-2;;+2/t17-,18-;;/m1../s1. The Morgan fingerprint density at radius 3 is 1.52 bits per heavy atom. The average Bonchev–Trinajstić information content (AvgIpc) is 3.09. The molecule has 1 heterocycles. The Bertz CT molecular complexity index is 1020. The second kappa shape index (κ2) is 8.97. The van der Waals surface area contributed by atoms with Gasteiger partial charge < -0.3 is 0 Å². The zero-order valence-corrected chi connectivity index (χ0v) is 20.8. The van der Waals surface area contributed by atoms with Gasteiger partial charge in [0.1, 0.15) is 0 Å². The lowest BCUT2D eigenvalue weighted by molar-refractivity contribution is 0.278. The van der Waals surface area contributed by atoms with Crippen molar-refractivity contribution in [3.05, 3.63) is 60.7 Å². The van der Waals surface area contributed by atoms with E-state index in [0.717, 1.165) is 12.8 Å². The van der Waals surface area contributed by atoms with Crippen molar-refractivity contribution in [1.29, 1.82) is 0 Å². The molecule has 2 aromatic carbocycles. The first-order chi connectivity index (χ1) is 14.7. The van der Waals surface area contributed by atoms with Gasteiger partial charge in [-0.2, -0.15) is 0 Å². The molecule has 4 rings (SSSR count). The first kappa shape index (κ1) is 23.0. The van der Waals surface area contributed by atoms with E-state index in [-0.39, 0.29) is 27.8 Å². The number of benzene rings is 2. The zero-order chi connectivity index (χ0) is 22.2. The third-order valence-electron chi connectivity index (χ3n) is 6.25. The molecule has 0 radical (unpaired) electrons. The van der Waals surface area contributed by atoms with Crippen LogP contribution in [0.4, 0.5) is 0 Å². The Balaban J connectivity index is 1.87. The van der Waals surface area contributed by atoms with Crippen LogP contribution in [-0.4, -0.2) is 50.1 Å². The van der Waals surface area contributed by atoms with Gasteiger partial charge in [-0.3, -0.25) is 6.58 Å². The number of fused-ring (bicyclic) bond motifs is 1. The molecule has 0 unspecified atom stereocenters. The van der Waals surface area contributed by atoms with E-state index in [1.165, 1.54) is 0 Å². The highest BCUT2D eigenvalue weighted by atomic mass is 32.2. The predicted octanol–water partition coefficient (Wildman–Crippen LogP) is 3.84. The highest BCUT2D eigenvalue weighted by Crippen LogP contribution is 2.43. The van der Waals surface area contributed by atoms with Crippen molar-refractivity contribution in [3.8, 4) is 0 Å². The summed E-state index contributed by atoms with van der Waals surface area (Å²) < 4.78 is 58.6. The maximum absolute atomic E-state index is 13.8. The first-order valence-electron chi connectivity index (χ1n) is 10.9. The fourth-order valence-corrected chi connectivity index (χ4v) is 15.3. The van der Waals surface area contributed by atoms with Crippen molar-refractivity contribution in [2.24, 2.45) is 5.92 Å². The van der Waals surface area contributed by atoms with Gasteiger partial charge in [0, 0.05) is 12.1 Å². The van der Waals surface area contributed by atoms with Crippen LogP contribution >= 0.6 is 0 Å². The van der Waals surface area contributed by atoms with E-state index >= 15 is 0 Å². The van der Waals surface area contributed by atoms with Gasteiger partial charge in [-0.05, 0) is 37.1 Å². The number of nitrogens with zero attached hydrogens (tertiary/aromatic N) is 2. The molecule has 1 saturated carbocycles. The van der Waals surface area contributed by atoms with Crippen molar-refractivity contribution in [2.45, 2.75) is 66.7 Å². The Morgan fingerprint density at radius 2 is 1.16 bits per heavy atom. The molecule has 1 aliphatic heterocycles. The number of hydrogen-bond acceptors (Lipinski definition) is 4. The van der Waals surface area contributed by atoms with Gasteiger partial charge in [0.25, 0.3) is 0 Å². The fourth-order valence-electron chi connectivity index (χ4n) is 4.97. The molecular weight excluding hydrogens is 447 g/mol. The van der Waals surface area contributed by atoms with Gasteiger partial charge in [-0.15, -0.1) is 0 Å². The molecule has 1 saturated heterocycles. The molecule has 2 fully saturated rings. The lowest BCUT2D eigenvalue weighted by Gasteiger charge is -2.34. The van der Waals surface area contributed by atoms with E-state index in [1.54, 1.807) is 67.2 Å². The lowest BCUT2D eigenvalue weighted by atomic mass is 9.92. The Morgan fingerprint density at radius 1 is 0.774 bits per heavy atom. The highest BCUT2D eigenvalue weighted by Gasteiger charge is 2.60. The number of sulfonamides is 2.